The Morgan fingerprint density at radius 1 is 0.848 bits per heavy atom. The molecule has 11 nitrogen and oxygen atoms in total. The van der Waals surface area contributed by atoms with Crippen LogP contribution in [-0.2, 0) is 23.9 Å². The predicted molar refractivity (Wildman–Crippen MR) is 167 cm³/mol. The second-order valence-corrected chi connectivity index (χ2v) is 11.4. The Balaban J connectivity index is 1.37. The maximum absolute atomic E-state index is 14.3. The van der Waals surface area contributed by atoms with Crippen LogP contribution in [-0.4, -0.2) is 49.5 Å². The largest absolute Gasteiger partial charge is 0.465 e. The maximum Gasteiger partial charge on any atom is 0.348 e. The van der Waals surface area contributed by atoms with E-state index in [-0.39, 0.29) is 33.4 Å². The van der Waals surface area contributed by atoms with Crippen LogP contribution in [0.3, 0.4) is 0 Å². The van der Waals surface area contributed by atoms with E-state index in [1.54, 1.807) is 85.8 Å². The van der Waals surface area contributed by atoms with Gasteiger partial charge in [-0.1, -0.05) is 48.5 Å². The van der Waals surface area contributed by atoms with Gasteiger partial charge < -0.3 is 14.2 Å². The number of nitrogens with zero attached hydrogens (tertiary/aromatic N) is 2. The first-order valence-electron chi connectivity index (χ1n) is 14.4. The fraction of sp³-hybridized carbons (Fsp3) is 0.206. The second kappa shape index (κ2) is 12.6. The third-order valence-electron chi connectivity index (χ3n) is 7.75. The number of carbonyl (C=O) groups excluding carboxylic acids is 5. The molecule has 0 N–H and O–H groups in total. The molecule has 2 fully saturated rings. The lowest BCUT2D eigenvalue weighted by atomic mass is 9.90. The molecule has 3 atom stereocenters. The van der Waals surface area contributed by atoms with Crippen molar-refractivity contribution in [3.63, 3.8) is 0 Å². The van der Waals surface area contributed by atoms with Crippen LogP contribution in [0.15, 0.2) is 84.9 Å². The van der Waals surface area contributed by atoms with Crippen molar-refractivity contribution in [2.45, 2.75) is 26.0 Å². The van der Waals surface area contributed by atoms with Crippen LogP contribution in [0.1, 0.15) is 54.5 Å². The summed E-state index contributed by atoms with van der Waals surface area (Å²) in [6, 6.07) is 23.4. The lowest BCUT2D eigenvalue weighted by Gasteiger charge is -2.28. The number of hydrogen-bond acceptors (Lipinski definition) is 11. The molecule has 2 aliphatic rings. The summed E-state index contributed by atoms with van der Waals surface area (Å²) in [4.78, 5) is 73.7. The Bertz CT molecular complexity index is 1820. The average Bonchev–Trinajstić information content (AvgIpc) is 3.71. The minimum atomic E-state index is -1.23. The van der Waals surface area contributed by atoms with Gasteiger partial charge in [0.05, 0.1) is 36.6 Å². The highest BCUT2D eigenvalue weighted by Gasteiger charge is 2.61. The standard InChI is InChI=1S/C34H28N2O9S/c1-4-43-34(41)28-19(2)24(33(40)42-3)31(46-28)35-29(37)25-26(36(45-27(25)30(35)38)22-13-9-6-10-14-22)20-15-17-23(18-16-20)44-32(39)21-11-7-5-8-12-21/h5-18,25-27H,4H2,1-3H3/t25-,26-,27-/m0/s1. The van der Waals surface area contributed by atoms with Gasteiger partial charge in [-0.3, -0.25) is 14.4 Å². The second-order valence-electron chi connectivity index (χ2n) is 10.4. The van der Waals surface area contributed by atoms with Crippen LogP contribution in [0.5, 0.6) is 5.75 Å². The molecule has 12 heteroatoms. The number of imide groups is 1. The van der Waals surface area contributed by atoms with Gasteiger partial charge in [-0.05, 0) is 61.4 Å². The van der Waals surface area contributed by atoms with Crippen molar-refractivity contribution in [2.24, 2.45) is 5.92 Å². The lowest BCUT2D eigenvalue weighted by Crippen LogP contribution is -2.37. The first-order chi connectivity index (χ1) is 22.2. The molecular formula is C34H28N2O9S. The molecule has 0 spiro atoms. The highest BCUT2D eigenvalue weighted by molar-refractivity contribution is 7.19. The Morgan fingerprint density at radius 3 is 2.13 bits per heavy atom. The molecule has 46 heavy (non-hydrogen) atoms. The molecule has 0 radical (unpaired) electrons. The van der Waals surface area contributed by atoms with Gasteiger partial charge in [0, 0.05) is 0 Å². The molecule has 1 aromatic heterocycles. The van der Waals surface area contributed by atoms with Gasteiger partial charge in [-0.25, -0.2) is 24.3 Å². The number of fused-ring (bicyclic) bond motifs is 1. The molecular weight excluding hydrogens is 612 g/mol. The number of methoxy groups -OCH3 is 1. The van der Waals surface area contributed by atoms with Gasteiger partial charge in [0.25, 0.3) is 5.91 Å². The third-order valence-corrected chi connectivity index (χ3v) is 9.01. The first-order valence-corrected chi connectivity index (χ1v) is 15.2. The fourth-order valence-corrected chi connectivity index (χ4v) is 6.82. The first kappa shape index (κ1) is 30.7. The summed E-state index contributed by atoms with van der Waals surface area (Å²) in [5.41, 5.74) is 1.79. The van der Waals surface area contributed by atoms with E-state index >= 15 is 0 Å². The molecule has 0 unspecified atom stereocenters. The summed E-state index contributed by atoms with van der Waals surface area (Å²) in [5, 5.41) is 1.49. The van der Waals surface area contributed by atoms with Crippen LogP contribution in [0.2, 0.25) is 0 Å². The van der Waals surface area contributed by atoms with E-state index < -0.39 is 47.8 Å². The van der Waals surface area contributed by atoms with E-state index in [9.17, 15) is 24.0 Å². The van der Waals surface area contributed by atoms with Crippen molar-refractivity contribution in [3.05, 3.63) is 112 Å². The van der Waals surface area contributed by atoms with Crippen LogP contribution in [0.4, 0.5) is 10.7 Å². The van der Waals surface area contributed by atoms with Crippen molar-refractivity contribution in [1.82, 2.24) is 0 Å². The zero-order valence-corrected chi connectivity index (χ0v) is 25.8. The normalized spacial score (nSPS) is 18.8. The summed E-state index contributed by atoms with van der Waals surface area (Å²) in [5.74, 6) is -4.04. The Morgan fingerprint density at radius 2 is 1.50 bits per heavy atom. The number of hydrogen-bond donors (Lipinski definition) is 0. The summed E-state index contributed by atoms with van der Waals surface area (Å²) >= 11 is 0.813. The van der Waals surface area contributed by atoms with Crippen LogP contribution < -0.4 is 14.7 Å². The quantitative estimate of drug-likeness (QED) is 0.142. The number of rotatable bonds is 8. The average molecular weight is 641 g/mol. The van der Waals surface area contributed by atoms with E-state index in [0.29, 0.717) is 16.8 Å². The van der Waals surface area contributed by atoms with Crippen molar-refractivity contribution >= 4 is 51.7 Å². The van der Waals surface area contributed by atoms with Crippen LogP contribution in [0, 0.1) is 12.8 Å². The van der Waals surface area contributed by atoms with E-state index in [1.165, 1.54) is 19.1 Å². The van der Waals surface area contributed by atoms with Gasteiger partial charge in [-0.2, -0.15) is 0 Å². The van der Waals surface area contributed by atoms with Crippen molar-refractivity contribution in [3.8, 4) is 5.75 Å². The minimum absolute atomic E-state index is 0.0337. The molecule has 0 aliphatic carbocycles. The number of anilines is 2. The molecule has 0 bridgehead atoms. The van der Waals surface area contributed by atoms with Gasteiger partial charge in [0.1, 0.15) is 21.5 Å². The number of thiophene rings is 1. The predicted octanol–water partition coefficient (Wildman–Crippen LogP) is 5.29. The highest BCUT2D eigenvalue weighted by atomic mass is 32.1. The van der Waals surface area contributed by atoms with Crippen molar-refractivity contribution in [1.29, 1.82) is 0 Å². The Labute approximate surface area is 267 Å². The van der Waals surface area contributed by atoms with E-state index in [1.807, 2.05) is 6.07 Å². The SMILES string of the molecule is CCOC(=O)c1sc(N2C(=O)[C@@H]3[C@H](ON(c4ccccc4)[C@H]3c3ccc(OC(=O)c4ccccc4)cc3)C2=O)c(C(=O)OC)c1C. The lowest BCUT2D eigenvalue weighted by molar-refractivity contribution is -0.126. The number of esters is 3. The molecule has 3 aromatic carbocycles. The molecule has 3 heterocycles. The van der Waals surface area contributed by atoms with Crippen molar-refractivity contribution < 1.29 is 43.0 Å². The minimum Gasteiger partial charge on any atom is -0.465 e. The molecule has 2 aliphatic heterocycles. The Hall–Kier alpha value is -5.33. The molecule has 4 aromatic rings. The fourth-order valence-electron chi connectivity index (χ4n) is 5.62. The Kier molecular flexibility index (Phi) is 8.39. The van der Waals surface area contributed by atoms with Gasteiger partial charge in [-0.15, -0.1) is 11.3 Å². The maximum atomic E-state index is 14.3. The third kappa shape index (κ3) is 5.31. The van der Waals surface area contributed by atoms with E-state index in [0.717, 1.165) is 16.2 Å². The number of amides is 2. The smallest absolute Gasteiger partial charge is 0.348 e. The molecule has 234 valence electrons. The van der Waals surface area contributed by atoms with Gasteiger partial charge in [0.2, 0.25) is 5.91 Å². The van der Waals surface area contributed by atoms with Crippen molar-refractivity contribution in [2.75, 3.05) is 23.7 Å². The number of ether oxygens (including phenoxy) is 3. The summed E-state index contributed by atoms with van der Waals surface area (Å²) in [6.07, 6.45) is -1.23. The summed E-state index contributed by atoms with van der Waals surface area (Å²) < 4.78 is 15.6. The van der Waals surface area contributed by atoms with Gasteiger partial charge in [0.15, 0.2) is 6.10 Å². The topological polar surface area (TPSA) is 129 Å². The molecule has 2 amide bonds. The van der Waals surface area contributed by atoms with E-state index in [2.05, 4.69) is 0 Å². The monoisotopic (exact) mass is 640 g/mol. The molecule has 2 saturated heterocycles. The highest BCUT2D eigenvalue weighted by Crippen LogP contribution is 2.50. The molecule has 0 saturated carbocycles. The summed E-state index contributed by atoms with van der Waals surface area (Å²) in [6.45, 7) is 3.28. The number of carbonyl (C=O) groups is 5. The summed E-state index contributed by atoms with van der Waals surface area (Å²) in [7, 11) is 1.17. The number of para-hydroxylation sites is 1. The van der Waals surface area contributed by atoms with Crippen LogP contribution >= 0.6 is 11.3 Å². The van der Waals surface area contributed by atoms with Gasteiger partial charge >= 0.3 is 17.9 Å². The number of benzene rings is 3. The van der Waals surface area contributed by atoms with E-state index in [4.69, 9.17) is 19.0 Å². The zero-order chi connectivity index (χ0) is 32.5. The van der Waals surface area contributed by atoms with Crippen LogP contribution in [0.25, 0.3) is 0 Å². The number of hydroxylamine groups is 1. The molecule has 6 rings (SSSR count). The zero-order valence-electron chi connectivity index (χ0n) is 25.0.